The molecule has 4 atom stereocenters. The number of carbonyl (C=O) groups is 1. The van der Waals surface area contributed by atoms with Gasteiger partial charge in [0.1, 0.15) is 11.6 Å². The summed E-state index contributed by atoms with van der Waals surface area (Å²) in [5.41, 5.74) is 0.277. The number of aliphatic hydroxyl groups is 1. The van der Waals surface area contributed by atoms with E-state index < -0.39 is 17.7 Å². The third-order valence-corrected chi connectivity index (χ3v) is 4.54. The standard InChI is InChI=1S/C16H19F2NO2/c17-9-5-6-13(18)11(7-9)10-8-12(10)16(21)19-14-3-1-2-4-15(14)20/h5-7,10,12,14-15,20H,1-4,8H2,(H,19,21). The van der Waals surface area contributed by atoms with Crippen molar-refractivity contribution in [1.82, 2.24) is 5.32 Å². The quantitative estimate of drug-likeness (QED) is 0.900. The van der Waals surface area contributed by atoms with Crippen LogP contribution in [0.3, 0.4) is 0 Å². The summed E-state index contributed by atoms with van der Waals surface area (Å²) in [5.74, 6) is -1.67. The van der Waals surface area contributed by atoms with Gasteiger partial charge >= 0.3 is 0 Å². The van der Waals surface area contributed by atoms with Gasteiger partial charge in [0.2, 0.25) is 5.91 Å². The van der Waals surface area contributed by atoms with Crippen LogP contribution in [0, 0.1) is 17.6 Å². The van der Waals surface area contributed by atoms with Gasteiger partial charge in [-0.25, -0.2) is 8.78 Å². The van der Waals surface area contributed by atoms with E-state index in [2.05, 4.69) is 5.32 Å². The number of amides is 1. The molecule has 5 heteroatoms. The Morgan fingerprint density at radius 3 is 2.76 bits per heavy atom. The molecule has 0 aromatic heterocycles. The van der Waals surface area contributed by atoms with E-state index >= 15 is 0 Å². The summed E-state index contributed by atoms with van der Waals surface area (Å²) in [6.07, 6.45) is 3.50. The minimum atomic E-state index is -0.495. The molecule has 2 aliphatic carbocycles. The van der Waals surface area contributed by atoms with Gasteiger partial charge in [0.15, 0.2) is 0 Å². The normalized spacial score (nSPS) is 31.8. The van der Waals surface area contributed by atoms with Crippen LogP contribution in [0.4, 0.5) is 8.78 Å². The van der Waals surface area contributed by atoms with Crippen LogP contribution in [0.5, 0.6) is 0 Å². The average molecular weight is 295 g/mol. The summed E-state index contributed by atoms with van der Waals surface area (Å²) >= 11 is 0. The van der Waals surface area contributed by atoms with Gasteiger partial charge < -0.3 is 10.4 Å². The lowest BCUT2D eigenvalue weighted by molar-refractivity contribution is -0.124. The van der Waals surface area contributed by atoms with E-state index in [-0.39, 0.29) is 29.3 Å². The topological polar surface area (TPSA) is 49.3 Å². The van der Waals surface area contributed by atoms with Gasteiger partial charge in [-0.2, -0.15) is 0 Å². The van der Waals surface area contributed by atoms with Crippen LogP contribution in [0.25, 0.3) is 0 Å². The molecular weight excluding hydrogens is 276 g/mol. The fraction of sp³-hybridized carbons (Fsp3) is 0.562. The first-order chi connectivity index (χ1) is 10.1. The molecule has 4 unspecified atom stereocenters. The first-order valence-electron chi connectivity index (χ1n) is 7.49. The number of hydrogen-bond donors (Lipinski definition) is 2. The summed E-state index contributed by atoms with van der Waals surface area (Å²) in [7, 11) is 0. The van der Waals surface area contributed by atoms with Crippen LogP contribution in [0.1, 0.15) is 43.6 Å². The van der Waals surface area contributed by atoms with E-state index in [1.807, 2.05) is 0 Å². The van der Waals surface area contributed by atoms with Gasteiger partial charge in [0.05, 0.1) is 12.1 Å². The first kappa shape index (κ1) is 14.4. The highest BCUT2D eigenvalue weighted by Crippen LogP contribution is 2.48. The van der Waals surface area contributed by atoms with Crippen LogP contribution in [-0.2, 0) is 4.79 Å². The Morgan fingerprint density at radius 2 is 2.00 bits per heavy atom. The van der Waals surface area contributed by atoms with E-state index in [4.69, 9.17) is 0 Å². The highest BCUT2D eigenvalue weighted by atomic mass is 19.1. The molecule has 0 spiro atoms. The molecule has 2 aliphatic rings. The van der Waals surface area contributed by atoms with E-state index in [0.717, 1.165) is 31.4 Å². The van der Waals surface area contributed by atoms with Gasteiger partial charge in [-0.05, 0) is 48.9 Å². The zero-order chi connectivity index (χ0) is 15.0. The molecule has 0 saturated heterocycles. The minimum Gasteiger partial charge on any atom is -0.391 e. The van der Waals surface area contributed by atoms with Crippen molar-refractivity contribution in [2.75, 3.05) is 0 Å². The SMILES string of the molecule is O=C(NC1CCCCC1O)C1CC1c1cc(F)ccc1F. The van der Waals surface area contributed by atoms with Crippen LogP contribution in [0.2, 0.25) is 0 Å². The molecule has 21 heavy (non-hydrogen) atoms. The smallest absolute Gasteiger partial charge is 0.224 e. The van der Waals surface area contributed by atoms with Crippen molar-refractivity contribution in [2.45, 2.75) is 50.2 Å². The predicted octanol–water partition coefficient (Wildman–Crippen LogP) is 2.49. The van der Waals surface area contributed by atoms with Crippen molar-refractivity contribution < 1.29 is 18.7 Å². The van der Waals surface area contributed by atoms with E-state index in [9.17, 15) is 18.7 Å². The van der Waals surface area contributed by atoms with Crippen LogP contribution in [-0.4, -0.2) is 23.2 Å². The van der Waals surface area contributed by atoms with E-state index in [0.29, 0.717) is 12.8 Å². The summed E-state index contributed by atoms with van der Waals surface area (Å²) in [6.45, 7) is 0. The maximum absolute atomic E-state index is 13.7. The van der Waals surface area contributed by atoms with Crippen LogP contribution >= 0.6 is 0 Å². The number of hydrogen-bond acceptors (Lipinski definition) is 2. The number of halogens is 2. The number of nitrogens with one attached hydrogen (secondary N) is 1. The molecule has 1 amide bonds. The van der Waals surface area contributed by atoms with Gasteiger partial charge in [-0.3, -0.25) is 4.79 Å². The Bertz CT molecular complexity index is 549. The number of rotatable bonds is 3. The molecule has 1 aromatic rings. The van der Waals surface area contributed by atoms with Crippen molar-refractivity contribution in [2.24, 2.45) is 5.92 Å². The molecule has 1 aromatic carbocycles. The molecule has 0 aliphatic heterocycles. The molecule has 0 radical (unpaired) electrons. The Morgan fingerprint density at radius 1 is 1.24 bits per heavy atom. The molecule has 0 heterocycles. The highest BCUT2D eigenvalue weighted by Gasteiger charge is 2.46. The minimum absolute atomic E-state index is 0.158. The van der Waals surface area contributed by atoms with E-state index in [1.165, 1.54) is 6.07 Å². The highest BCUT2D eigenvalue weighted by molar-refractivity contribution is 5.83. The number of benzene rings is 1. The summed E-state index contributed by atoms with van der Waals surface area (Å²) in [5, 5.41) is 12.7. The zero-order valence-corrected chi connectivity index (χ0v) is 11.7. The Kier molecular flexibility index (Phi) is 3.93. The second-order valence-electron chi connectivity index (χ2n) is 6.08. The predicted molar refractivity (Wildman–Crippen MR) is 73.6 cm³/mol. The number of aliphatic hydroxyl groups excluding tert-OH is 1. The summed E-state index contributed by atoms with van der Waals surface area (Å²) in [6, 6.07) is 3.14. The molecular formula is C16H19F2NO2. The Hall–Kier alpha value is -1.49. The van der Waals surface area contributed by atoms with Crippen molar-refractivity contribution in [3.63, 3.8) is 0 Å². The molecule has 2 N–H and O–H groups in total. The zero-order valence-electron chi connectivity index (χ0n) is 11.7. The lowest BCUT2D eigenvalue weighted by Gasteiger charge is -2.28. The maximum atomic E-state index is 13.7. The first-order valence-corrected chi connectivity index (χ1v) is 7.49. The molecule has 2 fully saturated rings. The fourth-order valence-electron chi connectivity index (χ4n) is 3.20. The largest absolute Gasteiger partial charge is 0.391 e. The summed E-state index contributed by atoms with van der Waals surface area (Å²) < 4.78 is 26.9. The van der Waals surface area contributed by atoms with Gasteiger partial charge in [0, 0.05) is 5.92 Å². The Balaban J connectivity index is 1.62. The van der Waals surface area contributed by atoms with Gasteiger partial charge in [-0.15, -0.1) is 0 Å². The van der Waals surface area contributed by atoms with Crippen molar-refractivity contribution in [3.05, 3.63) is 35.4 Å². The lowest BCUT2D eigenvalue weighted by atomic mass is 9.92. The molecule has 2 saturated carbocycles. The van der Waals surface area contributed by atoms with Gasteiger partial charge in [0.25, 0.3) is 0 Å². The lowest BCUT2D eigenvalue weighted by Crippen LogP contribution is -2.45. The average Bonchev–Trinajstić information content (AvgIpc) is 3.24. The monoisotopic (exact) mass is 295 g/mol. The second-order valence-corrected chi connectivity index (χ2v) is 6.08. The fourth-order valence-corrected chi connectivity index (χ4v) is 3.20. The van der Waals surface area contributed by atoms with Gasteiger partial charge in [-0.1, -0.05) is 12.8 Å². The molecule has 3 rings (SSSR count). The third-order valence-electron chi connectivity index (χ3n) is 4.54. The van der Waals surface area contributed by atoms with E-state index in [1.54, 1.807) is 0 Å². The number of carbonyl (C=O) groups excluding carboxylic acids is 1. The maximum Gasteiger partial charge on any atom is 0.224 e. The second kappa shape index (κ2) is 5.72. The molecule has 114 valence electrons. The van der Waals surface area contributed by atoms with Crippen molar-refractivity contribution >= 4 is 5.91 Å². The third kappa shape index (κ3) is 3.07. The van der Waals surface area contributed by atoms with Crippen molar-refractivity contribution in [3.8, 4) is 0 Å². The molecule has 0 bridgehead atoms. The van der Waals surface area contributed by atoms with Crippen LogP contribution in [0.15, 0.2) is 18.2 Å². The summed E-state index contributed by atoms with van der Waals surface area (Å²) in [4.78, 5) is 12.2. The molecule has 3 nitrogen and oxygen atoms in total. The van der Waals surface area contributed by atoms with Crippen LogP contribution < -0.4 is 5.32 Å². The van der Waals surface area contributed by atoms with Crippen molar-refractivity contribution in [1.29, 1.82) is 0 Å². The Labute approximate surface area is 122 Å².